The van der Waals surface area contributed by atoms with Crippen LogP contribution in [0.1, 0.15) is 12.6 Å². The van der Waals surface area contributed by atoms with Crippen LogP contribution < -0.4 is 10.9 Å². The van der Waals surface area contributed by atoms with Crippen LogP contribution in [0, 0.1) is 0 Å². The van der Waals surface area contributed by atoms with E-state index < -0.39 is 0 Å². The van der Waals surface area contributed by atoms with Gasteiger partial charge in [0.1, 0.15) is 0 Å². The van der Waals surface area contributed by atoms with Crippen LogP contribution in [0.4, 0.5) is 0 Å². The zero-order valence-electron chi connectivity index (χ0n) is 14.5. The van der Waals surface area contributed by atoms with Crippen molar-refractivity contribution in [3.63, 3.8) is 0 Å². The Morgan fingerprint density at radius 1 is 1.08 bits per heavy atom. The van der Waals surface area contributed by atoms with Gasteiger partial charge in [0.15, 0.2) is 0 Å². The van der Waals surface area contributed by atoms with Gasteiger partial charge in [-0.05, 0) is 36.6 Å². The Bertz CT molecular complexity index is 933. The third-order valence-corrected chi connectivity index (χ3v) is 4.86. The highest BCUT2D eigenvalue weighted by molar-refractivity contribution is 5.82. The Balaban J connectivity index is 1.85. The van der Waals surface area contributed by atoms with Crippen LogP contribution in [0.15, 0.2) is 65.5 Å². The average molecular weight is 333 g/mol. The maximum Gasteiger partial charge on any atom is 0.263 e. The average Bonchev–Trinajstić information content (AvgIpc) is 2.63. The first kappa shape index (κ1) is 16.1. The molecule has 0 spiro atoms. The molecule has 1 fully saturated rings. The molecular formula is C21H23N3O. The molecule has 0 radical (unpaired) electrons. The van der Waals surface area contributed by atoms with E-state index in [0.29, 0.717) is 6.04 Å². The molecule has 1 N–H and O–H groups in total. The molecule has 1 saturated heterocycles. The predicted molar refractivity (Wildman–Crippen MR) is 102 cm³/mol. The zero-order chi connectivity index (χ0) is 17.2. The first-order chi connectivity index (χ1) is 12.2. The molecule has 4 nitrogen and oxygen atoms in total. The first-order valence-electron chi connectivity index (χ1n) is 8.87. The van der Waals surface area contributed by atoms with Crippen molar-refractivity contribution in [3.05, 3.63) is 76.7 Å². The van der Waals surface area contributed by atoms with Crippen molar-refractivity contribution in [2.24, 2.45) is 0 Å². The molecule has 4 rings (SSSR count). The maximum atomic E-state index is 13.2. The van der Waals surface area contributed by atoms with Crippen LogP contribution in [-0.4, -0.2) is 35.1 Å². The van der Waals surface area contributed by atoms with Crippen molar-refractivity contribution in [3.8, 4) is 5.69 Å². The minimum absolute atomic E-state index is 0.0579. The summed E-state index contributed by atoms with van der Waals surface area (Å²) in [6, 6.07) is 20.4. The molecule has 0 saturated carbocycles. The van der Waals surface area contributed by atoms with Gasteiger partial charge in [-0.2, -0.15) is 0 Å². The number of rotatable bonds is 3. The van der Waals surface area contributed by atoms with Gasteiger partial charge in [0.25, 0.3) is 5.56 Å². The summed E-state index contributed by atoms with van der Waals surface area (Å²) in [7, 11) is 0. The second kappa shape index (κ2) is 6.82. The number of piperazine rings is 1. The molecule has 128 valence electrons. The number of hydrogen-bond donors (Lipinski definition) is 1. The number of para-hydroxylation sites is 1. The van der Waals surface area contributed by atoms with Gasteiger partial charge in [-0.1, -0.05) is 36.4 Å². The second-order valence-electron chi connectivity index (χ2n) is 6.79. The SMILES string of the molecule is C[C@@H]1CN(Cc2cc3ccccc3c(=O)n2-c2ccccc2)CCN1. The molecule has 0 amide bonds. The normalized spacial score (nSPS) is 18.5. The van der Waals surface area contributed by atoms with Crippen LogP contribution in [0.2, 0.25) is 0 Å². The third-order valence-electron chi connectivity index (χ3n) is 4.86. The molecule has 2 heterocycles. The molecule has 1 atom stereocenters. The number of fused-ring (bicyclic) bond motifs is 1. The lowest BCUT2D eigenvalue weighted by Crippen LogP contribution is -2.49. The summed E-state index contributed by atoms with van der Waals surface area (Å²) in [5, 5.41) is 5.25. The van der Waals surface area contributed by atoms with Crippen LogP contribution in [0.25, 0.3) is 16.5 Å². The van der Waals surface area contributed by atoms with Gasteiger partial charge in [-0.25, -0.2) is 0 Å². The van der Waals surface area contributed by atoms with E-state index in [2.05, 4.69) is 23.2 Å². The highest BCUT2D eigenvalue weighted by Gasteiger charge is 2.18. The Morgan fingerprint density at radius 2 is 1.84 bits per heavy atom. The molecule has 0 bridgehead atoms. The summed E-state index contributed by atoms with van der Waals surface area (Å²) in [4.78, 5) is 15.6. The summed E-state index contributed by atoms with van der Waals surface area (Å²) in [6.07, 6.45) is 0. The lowest BCUT2D eigenvalue weighted by atomic mass is 10.1. The summed E-state index contributed by atoms with van der Waals surface area (Å²) in [5.74, 6) is 0. The van der Waals surface area contributed by atoms with Crippen LogP contribution in [-0.2, 0) is 6.54 Å². The fourth-order valence-electron chi connectivity index (χ4n) is 3.67. The molecule has 1 aromatic heterocycles. The van der Waals surface area contributed by atoms with E-state index >= 15 is 0 Å². The molecule has 4 heteroatoms. The highest BCUT2D eigenvalue weighted by atomic mass is 16.1. The largest absolute Gasteiger partial charge is 0.312 e. The fourth-order valence-corrected chi connectivity index (χ4v) is 3.67. The maximum absolute atomic E-state index is 13.2. The number of benzene rings is 2. The van der Waals surface area contributed by atoms with Crippen molar-refractivity contribution >= 4 is 10.8 Å². The molecule has 3 aromatic rings. The summed E-state index contributed by atoms with van der Waals surface area (Å²) in [6.45, 7) is 5.97. The van der Waals surface area contributed by atoms with Crippen LogP contribution in [0.5, 0.6) is 0 Å². The van der Waals surface area contributed by atoms with Gasteiger partial charge >= 0.3 is 0 Å². The van der Waals surface area contributed by atoms with Crippen molar-refractivity contribution in [1.29, 1.82) is 0 Å². The van der Waals surface area contributed by atoms with E-state index in [1.807, 2.05) is 59.2 Å². The minimum Gasteiger partial charge on any atom is -0.312 e. The van der Waals surface area contributed by atoms with Crippen molar-refractivity contribution < 1.29 is 0 Å². The Labute approximate surface area is 147 Å². The van der Waals surface area contributed by atoms with E-state index in [4.69, 9.17) is 0 Å². The van der Waals surface area contributed by atoms with Crippen LogP contribution >= 0.6 is 0 Å². The highest BCUT2D eigenvalue weighted by Crippen LogP contribution is 2.18. The second-order valence-corrected chi connectivity index (χ2v) is 6.79. The quantitative estimate of drug-likeness (QED) is 0.801. The van der Waals surface area contributed by atoms with Gasteiger partial charge < -0.3 is 5.32 Å². The monoisotopic (exact) mass is 333 g/mol. The third kappa shape index (κ3) is 3.23. The Morgan fingerprint density at radius 3 is 2.64 bits per heavy atom. The summed E-state index contributed by atoms with van der Waals surface area (Å²) in [5.41, 5.74) is 2.03. The van der Waals surface area contributed by atoms with E-state index in [1.165, 1.54) is 0 Å². The van der Waals surface area contributed by atoms with Gasteiger partial charge in [-0.3, -0.25) is 14.3 Å². The van der Waals surface area contributed by atoms with Gasteiger partial charge in [0.2, 0.25) is 0 Å². The van der Waals surface area contributed by atoms with E-state index in [0.717, 1.165) is 48.3 Å². The van der Waals surface area contributed by atoms with Crippen molar-refractivity contribution in [1.82, 2.24) is 14.8 Å². The zero-order valence-corrected chi connectivity index (χ0v) is 14.5. The van der Waals surface area contributed by atoms with E-state index in [9.17, 15) is 4.79 Å². The fraction of sp³-hybridized carbons (Fsp3) is 0.286. The van der Waals surface area contributed by atoms with E-state index in [1.54, 1.807) is 0 Å². The standard InChI is InChI=1S/C21H23N3O/c1-16-14-23(12-11-22-16)15-19-13-17-7-5-6-10-20(17)21(25)24(19)18-8-3-2-4-9-18/h2-10,13,16,22H,11-12,14-15H2,1H3/t16-/m1/s1. The Kier molecular flexibility index (Phi) is 4.38. The van der Waals surface area contributed by atoms with Crippen LogP contribution in [0.3, 0.4) is 0 Å². The van der Waals surface area contributed by atoms with Crippen molar-refractivity contribution in [2.75, 3.05) is 19.6 Å². The van der Waals surface area contributed by atoms with Crippen molar-refractivity contribution in [2.45, 2.75) is 19.5 Å². The number of nitrogens with one attached hydrogen (secondary N) is 1. The topological polar surface area (TPSA) is 37.3 Å². The molecular weight excluding hydrogens is 310 g/mol. The summed E-state index contributed by atoms with van der Waals surface area (Å²) < 4.78 is 1.87. The molecule has 0 unspecified atom stereocenters. The predicted octanol–water partition coefficient (Wildman–Crippen LogP) is 2.78. The molecule has 0 aliphatic carbocycles. The lowest BCUT2D eigenvalue weighted by Gasteiger charge is -2.32. The molecule has 1 aliphatic heterocycles. The van der Waals surface area contributed by atoms with Gasteiger partial charge in [0.05, 0.1) is 0 Å². The summed E-state index contributed by atoms with van der Waals surface area (Å²) >= 11 is 0. The van der Waals surface area contributed by atoms with Gasteiger partial charge in [-0.15, -0.1) is 0 Å². The number of hydrogen-bond acceptors (Lipinski definition) is 3. The smallest absolute Gasteiger partial charge is 0.263 e. The minimum atomic E-state index is 0.0579. The molecule has 1 aliphatic rings. The molecule has 2 aromatic carbocycles. The lowest BCUT2D eigenvalue weighted by molar-refractivity contribution is 0.196. The molecule has 25 heavy (non-hydrogen) atoms. The number of aromatic nitrogens is 1. The number of pyridine rings is 1. The number of nitrogens with zero attached hydrogens (tertiary/aromatic N) is 2. The Hall–Kier alpha value is -2.43. The van der Waals surface area contributed by atoms with E-state index in [-0.39, 0.29) is 5.56 Å². The first-order valence-corrected chi connectivity index (χ1v) is 8.87. The van der Waals surface area contributed by atoms with Gasteiger partial charge in [0, 0.05) is 49.0 Å².